The first-order valence-corrected chi connectivity index (χ1v) is 10.5. The van der Waals surface area contributed by atoms with Gasteiger partial charge < -0.3 is 14.2 Å². The summed E-state index contributed by atoms with van der Waals surface area (Å²) in [4.78, 5) is 32.0. The molecule has 0 saturated carbocycles. The lowest BCUT2D eigenvalue weighted by atomic mass is 9.70. The molecule has 176 valence electrons. The van der Waals surface area contributed by atoms with Crippen LogP contribution in [0.3, 0.4) is 0 Å². The van der Waals surface area contributed by atoms with E-state index in [9.17, 15) is 14.4 Å². The van der Waals surface area contributed by atoms with Crippen LogP contribution in [0.25, 0.3) is 0 Å². The molecule has 0 unspecified atom stereocenters. The van der Waals surface area contributed by atoms with Crippen LogP contribution < -0.4 is 9.47 Å². The maximum Gasteiger partial charge on any atom is 0.308 e. The van der Waals surface area contributed by atoms with Gasteiger partial charge in [-0.1, -0.05) is 42.5 Å². The molecule has 0 aliphatic rings. The van der Waals surface area contributed by atoms with Crippen LogP contribution in [0.15, 0.2) is 72.3 Å². The topological polar surface area (TPSA) is 78.9 Å². The minimum atomic E-state index is -0.440. The van der Waals surface area contributed by atoms with Gasteiger partial charge in [-0.2, -0.15) is 0 Å². The van der Waals surface area contributed by atoms with Crippen molar-refractivity contribution in [3.63, 3.8) is 0 Å². The van der Waals surface area contributed by atoms with Gasteiger partial charge in [-0.15, -0.1) is 0 Å². The van der Waals surface area contributed by atoms with E-state index in [1.165, 1.54) is 27.9 Å². The van der Waals surface area contributed by atoms with Gasteiger partial charge in [0, 0.05) is 26.2 Å². The Kier molecular flexibility index (Phi) is 10.8. The van der Waals surface area contributed by atoms with Crippen LogP contribution in [0, 0.1) is 0 Å². The largest absolute Gasteiger partial charge is 0.469 e. The van der Waals surface area contributed by atoms with E-state index < -0.39 is 5.41 Å². The Morgan fingerprint density at radius 3 is 1.33 bits per heavy atom. The van der Waals surface area contributed by atoms with Crippen LogP contribution in [0.1, 0.15) is 52.7 Å². The van der Waals surface area contributed by atoms with Crippen molar-refractivity contribution in [1.82, 2.24) is 0 Å². The summed E-state index contributed by atoms with van der Waals surface area (Å²) >= 11 is 0. The van der Waals surface area contributed by atoms with Gasteiger partial charge in [0.05, 0.1) is 7.11 Å². The third-order valence-corrected chi connectivity index (χ3v) is 4.91. The predicted molar refractivity (Wildman–Crippen MR) is 128 cm³/mol. The van der Waals surface area contributed by atoms with Crippen molar-refractivity contribution >= 4 is 17.9 Å². The van der Waals surface area contributed by atoms with Gasteiger partial charge in [0.25, 0.3) is 0 Å². The fourth-order valence-corrected chi connectivity index (χ4v) is 3.28. The van der Waals surface area contributed by atoms with Crippen molar-refractivity contribution in [2.45, 2.75) is 47.0 Å². The Hall–Kier alpha value is -3.67. The first-order chi connectivity index (χ1) is 15.6. The molecule has 6 heteroatoms. The fraction of sp³-hybridized carbons (Fsp3) is 0.296. The number of rotatable bonds is 6. The van der Waals surface area contributed by atoms with Gasteiger partial charge in [-0.3, -0.25) is 14.4 Å². The van der Waals surface area contributed by atoms with E-state index in [2.05, 4.69) is 23.8 Å². The van der Waals surface area contributed by atoms with Crippen molar-refractivity contribution in [2.75, 3.05) is 7.11 Å². The Morgan fingerprint density at radius 2 is 1.09 bits per heavy atom. The second kappa shape index (κ2) is 13.0. The molecule has 2 aromatic rings. The summed E-state index contributed by atoms with van der Waals surface area (Å²) in [5, 5.41) is 0. The molecule has 0 N–H and O–H groups in total. The van der Waals surface area contributed by atoms with Crippen LogP contribution in [0.4, 0.5) is 0 Å². The second-order valence-corrected chi connectivity index (χ2v) is 7.30. The van der Waals surface area contributed by atoms with Crippen LogP contribution in [-0.2, 0) is 24.5 Å². The predicted octanol–water partition coefficient (Wildman–Crippen LogP) is 5.54. The zero-order valence-corrected chi connectivity index (χ0v) is 20.3. The molecular formula is C27H32O6. The average molecular weight is 453 g/mol. The highest BCUT2D eigenvalue weighted by Gasteiger charge is 2.31. The van der Waals surface area contributed by atoms with E-state index in [1.807, 2.05) is 44.2 Å². The highest BCUT2D eigenvalue weighted by Crippen LogP contribution is 2.40. The van der Waals surface area contributed by atoms with Crippen molar-refractivity contribution in [3.05, 3.63) is 83.5 Å². The number of benzene rings is 2. The van der Waals surface area contributed by atoms with Gasteiger partial charge in [-0.25, -0.2) is 0 Å². The molecule has 0 bridgehead atoms. The molecule has 0 aromatic heterocycles. The molecule has 0 heterocycles. The van der Waals surface area contributed by atoms with Gasteiger partial charge in [0.1, 0.15) is 11.5 Å². The summed E-state index contributed by atoms with van der Waals surface area (Å²) in [6.45, 7) is 10.3. The standard InChI is InChI=1S/C24H26O4.C3H6O2/c1-6-8-19(7-2)24(5,20-9-13-22(14-10-20)27-17(3)25)21-11-15-23(16-12-21)28-18(4)26;1-3(4)5-2/h6-16H,1-5H3;1-2H3/b8-6-,19-7+;. The minimum absolute atomic E-state index is 0.245. The number of carbonyl (C=O) groups is 3. The number of hydrogen-bond acceptors (Lipinski definition) is 6. The Morgan fingerprint density at radius 1 is 0.727 bits per heavy atom. The van der Waals surface area contributed by atoms with E-state index in [4.69, 9.17) is 9.47 Å². The number of hydrogen-bond donors (Lipinski definition) is 0. The smallest absolute Gasteiger partial charge is 0.308 e. The Balaban J connectivity index is 0.000000981. The summed E-state index contributed by atoms with van der Waals surface area (Å²) in [5.74, 6) is 0.0815. The molecule has 6 nitrogen and oxygen atoms in total. The quantitative estimate of drug-likeness (QED) is 0.325. The van der Waals surface area contributed by atoms with E-state index in [-0.39, 0.29) is 17.9 Å². The van der Waals surface area contributed by atoms with Crippen LogP contribution in [0.2, 0.25) is 0 Å². The SMILES string of the molecule is C/C=C\C(=C/C)C(C)(c1ccc(OC(C)=O)cc1)c1ccc(OC(C)=O)cc1.COC(C)=O. The van der Waals surface area contributed by atoms with E-state index in [0.29, 0.717) is 11.5 Å². The molecule has 0 spiro atoms. The number of ether oxygens (including phenoxy) is 3. The third kappa shape index (κ3) is 8.07. The van der Waals surface area contributed by atoms with Gasteiger partial charge in [0.2, 0.25) is 0 Å². The lowest BCUT2D eigenvalue weighted by Gasteiger charge is -2.33. The number of esters is 3. The van der Waals surface area contributed by atoms with Gasteiger partial charge >= 0.3 is 17.9 Å². The fourth-order valence-electron chi connectivity index (χ4n) is 3.28. The number of methoxy groups -OCH3 is 1. The zero-order valence-electron chi connectivity index (χ0n) is 20.3. The summed E-state index contributed by atoms with van der Waals surface area (Å²) < 4.78 is 14.4. The molecule has 33 heavy (non-hydrogen) atoms. The highest BCUT2D eigenvalue weighted by molar-refractivity contribution is 5.70. The third-order valence-electron chi connectivity index (χ3n) is 4.91. The van der Waals surface area contributed by atoms with Gasteiger partial charge in [-0.05, 0) is 61.7 Å². The molecule has 0 atom stereocenters. The van der Waals surface area contributed by atoms with Crippen molar-refractivity contribution in [2.24, 2.45) is 0 Å². The van der Waals surface area contributed by atoms with E-state index in [0.717, 1.165) is 16.7 Å². The summed E-state index contributed by atoms with van der Waals surface area (Å²) in [6, 6.07) is 15.0. The maximum atomic E-state index is 11.2. The lowest BCUT2D eigenvalue weighted by Crippen LogP contribution is -2.25. The molecule has 0 saturated heterocycles. The molecule has 0 aliphatic heterocycles. The lowest BCUT2D eigenvalue weighted by molar-refractivity contribution is -0.138. The highest BCUT2D eigenvalue weighted by atomic mass is 16.5. The maximum absolute atomic E-state index is 11.2. The molecule has 0 aliphatic carbocycles. The van der Waals surface area contributed by atoms with Crippen molar-refractivity contribution in [3.8, 4) is 11.5 Å². The molecule has 0 amide bonds. The Bertz CT molecular complexity index is 938. The van der Waals surface area contributed by atoms with E-state index in [1.54, 1.807) is 24.3 Å². The summed E-state index contributed by atoms with van der Waals surface area (Å²) in [5.41, 5.74) is 2.78. The monoisotopic (exact) mass is 452 g/mol. The van der Waals surface area contributed by atoms with Crippen molar-refractivity contribution in [1.29, 1.82) is 0 Å². The van der Waals surface area contributed by atoms with Crippen molar-refractivity contribution < 1.29 is 28.6 Å². The zero-order chi connectivity index (χ0) is 25.0. The molecular weight excluding hydrogens is 420 g/mol. The minimum Gasteiger partial charge on any atom is -0.469 e. The Labute approximate surface area is 195 Å². The van der Waals surface area contributed by atoms with Crippen LogP contribution in [-0.4, -0.2) is 25.0 Å². The average Bonchev–Trinajstić information content (AvgIpc) is 2.77. The molecule has 0 radical (unpaired) electrons. The molecule has 2 rings (SSSR count). The summed E-state index contributed by atoms with van der Waals surface area (Å²) in [6.07, 6.45) is 6.17. The number of allylic oxidation sites excluding steroid dienone is 4. The normalized spacial score (nSPS) is 11.3. The first-order valence-electron chi connectivity index (χ1n) is 10.5. The van der Waals surface area contributed by atoms with Crippen LogP contribution >= 0.6 is 0 Å². The molecule has 0 fully saturated rings. The van der Waals surface area contributed by atoms with E-state index >= 15 is 0 Å². The molecule has 2 aromatic carbocycles. The van der Waals surface area contributed by atoms with Gasteiger partial charge in [0.15, 0.2) is 0 Å². The first kappa shape index (κ1) is 27.4. The summed E-state index contributed by atoms with van der Waals surface area (Å²) in [7, 11) is 1.35. The number of carbonyl (C=O) groups excluding carboxylic acids is 3. The second-order valence-electron chi connectivity index (χ2n) is 7.30. The van der Waals surface area contributed by atoms with Crippen LogP contribution in [0.5, 0.6) is 11.5 Å².